The Bertz CT molecular complexity index is 262. The van der Waals surface area contributed by atoms with Crippen LogP contribution in [0.5, 0.6) is 0 Å². The summed E-state index contributed by atoms with van der Waals surface area (Å²) in [5.74, 6) is -2.62. The SMILES string of the molecule is O=C(CCCCC(=O)O[Cl+3]([O-])([O-])[O-])O[Cl+3]([O-])([O-])[O-]. The number of hydrogen-bond donors (Lipinski definition) is 0. The molecular weight excluding hydrogens is 303 g/mol. The highest BCUT2D eigenvalue weighted by atomic mass is 35.7. The number of halogens is 2. The molecule has 0 saturated carbocycles. The summed E-state index contributed by atoms with van der Waals surface area (Å²) in [6.07, 6.45) is -1.06. The summed E-state index contributed by atoms with van der Waals surface area (Å²) in [5.41, 5.74) is 0. The standard InChI is InChI=1S/C6H8Cl2O10/c9-5(17-7(11,12)13)3-1-2-4-6(10)18-8(14,15)16/h1-4H2. The van der Waals surface area contributed by atoms with E-state index in [1.54, 1.807) is 0 Å². The number of carbonyl (C=O) groups excluding carboxylic acids is 2. The van der Waals surface area contributed by atoms with Crippen molar-refractivity contribution in [1.82, 2.24) is 0 Å². The van der Waals surface area contributed by atoms with E-state index < -0.39 is 45.3 Å². The third-order valence-corrected chi connectivity index (χ3v) is 2.10. The van der Waals surface area contributed by atoms with Gasteiger partial charge < -0.3 is 0 Å². The molecule has 0 aliphatic rings. The summed E-state index contributed by atoms with van der Waals surface area (Å²) < 4.78 is 66.4. The van der Waals surface area contributed by atoms with Gasteiger partial charge in [0.05, 0.1) is 12.8 Å². The molecule has 0 unspecified atom stereocenters. The first-order chi connectivity index (χ1) is 7.99. The first-order valence-corrected chi connectivity index (χ1v) is 6.73. The zero-order chi connectivity index (χ0) is 14.4. The van der Waals surface area contributed by atoms with E-state index in [1.807, 2.05) is 0 Å². The van der Waals surface area contributed by atoms with Crippen LogP contribution >= 0.6 is 0 Å². The zero-order valence-corrected chi connectivity index (χ0v) is 10.2. The maximum Gasteiger partial charge on any atom is 0.463 e. The van der Waals surface area contributed by atoms with Crippen molar-refractivity contribution in [2.24, 2.45) is 0 Å². The van der Waals surface area contributed by atoms with Crippen molar-refractivity contribution in [3.8, 4) is 0 Å². The monoisotopic (exact) mass is 310 g/mol. The Labute approximate surface area is 105 Å². The summed E-state index contributed by atoms with van der Waals surface area (Å²) in [4.78, 5) is 21.3. The molecule has 18 heavy (non-hydrogen) atoms. The average Bonchev–Trinajstić information content (AvgIpc) is 2.06. The summed E-state index contributed by atoms with van der Waals surface area (Å²) in [7, 11) is -9.69. The van der Waals surface area contributed by atoms with Crippen molar-refractivity contribution in [2.75, 3.05) is 0 Å². The largest absolute Gasteiger partial charge is 0.463 e. The van der Waals surface area contributed by atoms with Crippen LogP contribution in [-0.2, 0) is 18.2 Å². The Morgan fingerprint density at radius 3 is 1.22 bits per heavy atom. The zero-order valence-electron chi connectivity index (χ0n) is 8.67. The molecule has 0 atom stereocenters. The Morgan fingerprint density at radius 1 is 0.722 bits per heavy atom. The number of carbonyl (C=O) groups is 2. The van der Waals surface area contributed by atoms with Gasteiger partial charge in [-0.3, -0.25) is 0 Å². The maximum atomic E-state index is 10.7. The first kappa shape index (κ1) is 17.3. The van der Waals surface area contributed by atoms with Crippen molar-refractivity contribution in [3.05, 3.63) is 0 Å². The Hall–Kier alpha value is -0.720. The summed E-state index contributed by atoms with van der Waals surface area (Å²) in [5, 5.41) is 0. The van der Waals surface area contributed by atoms with E-state index in [-0.39, 0.29) is 12.8 Å². The second kappa shape index (κ2) is 7.01. The van der Waals surface area contributed by atoms with Crippen molar-refractivity contribution in [1.29, 1.82) is 0 Å². The molecule has 0 aliphatic heterocycles. The summed E-state index contributed by atoms with van der Waals surface area (Å²) in [6.45, 7) is 0. The maximum absolute atomic E-state index is 10.7. The lowest BCUT2D eigenvalue weighted by atomic mass is 10.2. The van der Waals surface area contributed by atoms with Gasteiger partial charge >= 0.3 is 11.9 Å². The molecule has 12 heteroatoms. The second-order valence-corrected chi connectivity index (χ2v) is 4.68. The highest BCUT2D eigenvalue weighted by Gasteiger charge is 2.27. The molecule has 0 radical (unpaired) electrons. The van der Waals surface area contributed by atoms with Crippen LogP contribution in [0.3, 0.4) is 0 Å². The Kier molecular flexibility index (Phi) is 6.73. The van der Waals surface area contributed by atoms with Crippen LogP contribution in [0.4, 0.5) is 0 Å². The fraction of sp³-hybridized carbons (Fsp3) is 0.667. The Balaban J connectivity index is 3.69. The van der Waals surface area contributed by atoms with Gasteiger partial charge in [0, 0.05) is 0 Å². The van der Waals surface area contributed by atoms with Gasteiger partial charge in [0.2, 0.25) is 0 Å². The van der Waals surface area contributed by atoms with Gasteiger partial charge in [0.1, 0.15) is 20.5 Å². The lowest BCUT2D eigenvalue weighted by Gasteiger charge is -2.11. The van der Waals surface area contributed by atoms with E-state index in [0.717, 1.165) is 0 Å². The molecule has 0 rings (SSSR count). The molecule has 106 valence electrons. The van der Waals surface area contributed by atoms with E-state index in [2.05, 4.69) is 8.58 Å². The van der Waals surface area contributed by atoms with Crippen LogP contribution in [0.1, 0.15) is 25.7 Å². The topological polar surface area (TPSA) is 191 Å². The van der Waals surface area contributed by atoms with Crippen molar-refractivity contribution in [3.63, 3.8) is 0 Å². The van der Waals surface area contributed by atoms with Gasteiger partial charge in [-0.25, -0.2) is 9.59 Å². The molecule has 0 heterocycles. The van der Waals surface area contributed by atoms with E-state index in [0.29, 0.717) is 0 Å². The van der Waals surface area contributed by atoms with Crippen LogP contribution < -0.4 is 28.0 Å². The average molecular weight is 311 g/mol. The van der Waals surface area contributed by atoms with Crippen LogP contribution in [0.15, 0.2) is 0 Å². The lowest BCUT2D eigenvalue weighted by Crippen LogP contribution is -2.61. The molecule has 10 nitrogen and oxygen atoms in total. The first-order valence-electron chi connectivity index (χ1n) is 4.26. The predicted molar refractivity (Wildman–Crippen MR) is 30.7 cm³/mol. The molecule has 0 aliphatic carbocycles. The van der Waals surface area contributed by atoms with Gasteiger partial charge in [0.25, 0.3) is 0 Å². The molecule has 0 amide bonds. The third-order valence-electron chi connectivity index (χ3n) is 1.37. The van der Waals surface area contributed by atoms with E-state index in [9.17, 15) is 37.5 Å². The van der Waals surface area contributed by atoms with Gasteiger partial charge in [-0.05, 0) is 21.4 Å². The van der Waals surface area contributed by atoms with Gasteiger partial charge in [0.15, 0.2) is 0 Å². The molecule has 0 N–H and O–H groups in total. The number of hydrogen-bond acceptors (Lipinski definition) is 10. The number of rotatable bonds is 7. The minimum atomic E-state index is -4.85. The second-order valence-electron chi connectivity index (χ2n) is 2.86. The Morgan fingerprint density at radius 2 is 1.00 bits per heavy atom. The molecule has 0 bridgehead atoms. The normalized spacial score (nSPS) is 12.1. The smallest absolute Gasteiger partial charge is 0.234 e. The summed E-state index contributed by atoms with van der Waals surface area (Å²) >= 11 is 0. The summed E-state index contributed by atoms with van der Waals surface area (Å²) in [6, 6.07) is 0. The van der Waals surface area contributed by atoms with Crippen LogP contribution in [0, 0.1) is 20.5 Å². The van der Waals surface area contributed by atoms with E-state index >= 15 is 0 Å². The molecule has 0 aromatic carbocycles. The third kappa shape index (κ3) is 11.8. The quantitative estimate of drug-likeness (QED) is 0.408. The molecule has 0 saturated heterocycles. The van der Waals surface area contributed by atoms with E-state index in [4.69, 9.17) is 0 Å². The highest BCUT2D eigenvalue weighted by Crippen LogP contribution is 2.05. The van der Waals surface area contributed by atoms with Crippen molar-refractivity contribution in [2.45, 2.75) is 25.7 Å². The van der Waals surface area contributed by atoms with Crippen LogP contribution in [0.25, 0.3) is 0 Å². The fourth-order valence-corrected chi connectivity index (χ4v) is 1.40. The molecule has 0 aromatic heterocycles. The minimum Gasteiger partial charge on any atom is -0.234 e. The van der Waals surface area contributed by atoms with Crippen LogP contribution in [-0.4, -0.2) is 11.9 Å². The lowest BCUT2D eigenvalue weighted by molar-refractivity contribution is -1.92. The highest BCUT2D eigenvalue weighted by molar-refractivity contribution is 5.69. The van der Waals surface area contributed by atoms with Gasteiger partial charge in [-0.2, -0.15) is 28.0 Å². The number of unbranched alkanes of at least 4 members (excludes halogenated alkanes) is 1. The van der Waals surface area contributed by atoms with Crippen molar-refractivity contribution < 1.29 is 66.6 Å². The van der Waals surface area contributed by atoms with Gasteiger partial charge in [-0.15, -0.1) is 0 Å². The molecular formula is C6H8Cl2O10. The molecule has 0 aromatic rings. The van der Waals surface area contributed by atoms with Crippen LogP contribution in [0.2, 0.25) is 0 Å². The molecule has 0 spiro atoms. The van der Waals surface area contributed by atoms with Crippen molar-refractivity contribution >= 4 is 11.9 Å². The fourth-order valence-electron chi connectivity index (χ4n) is 0.827. The minimum absolute atomic E-state index is 0.0607. The predicted octanol–water partition coefficient (Wildman–Crippen LogP) is -6.57. The molecule has 0 fully saturated rings. The van der Waals surface area contributed by atoms with Gasteiger partial charge in [-0.1, -0.05) is 0 Å². The van der Waals surface area contributed by atoms with E-state index in [1.165, 1.54) is 0 Å².